The number of amides is 2. The van der Waals surface area contributed by atoms with Crippen molar-refractivity contribution in [3.63, 3.8) is 0 Å². The highest BCUT2D eigenvalue weighted by Crippen LogP contribution is 2.17. The Labute approximate surface area is 166 Å². The van der Waals surface area contributed by atoms with Crippen molar-refractivity contribution in [1.82, 2.24) is 9.80 Å². The molecule has 1 fully saturated rings. The maximum Gasteiger partial charge on any atom is 0.289 e. The third-order valence-electron chi connectivity index (χ3n) is 4.64. The summed E-state index contributed by atoms with van der Waals surface area (Å²) in [4.78, 5) is 40.3. The SMILES string of the molecule is Cc1ccc(C(=O)CCC(=O)N2CCN(C(=O)c3ccc(Br)o3)CC2)cc1. The Bertz CT molecular complexity index is 836. The van der Waals surface area contributed by atoms with Crippen LogP contribution in [0.2, 0.25) is 0 Å². The molecule has 0 bridgehead atoms. The molecule has 1 aromatic heterocycles. The summed E-state index contributed by atoms with van der Waals surface area (Å²) in [5.74, 6) is 0.0246. The van der Waals surface area contributed by atoms with Gasteiger partial charge in [0.25, 0.3) is 5.91 Å². The van der Waals surface area contributed by atoms with E-state index in [0.717, 1.165) is 5.56 Å². The number of hydrogen-bond donors (Lipinski definition) is 0. The first kappa shape index (κ1) is 19.4. The molecule has 1 saturated heterocycles. The number of halogens is 1. The highest BCUT2D eigenvalue weighted by molar-refractivity contribution is 9.10. The topological polar surface area (TPSA) is 70.8 Å². The van der Waals surface area contributed by atoms with Crippen LogP contribution in [0.1, 0.15) is 39.3 Å². The van der Waals surface area contributed by atoms with Gasteiger partial charge in [0.2, 0.25) is 5.91 Å². The van der Waals surface area contributed by atoms with E-state index in [9.17, 15) is 14.4 Å². The largest absolute Gasteiger partial charge is 0.444 e. The molecule has 2 aromatic rings. The molecule has 3 rings (SSSR count). The normalized spacial score (nSPS) is 14.3. The van der Waals surface area contributed by atoms with E-state index in [0.29, 0.717) is 36.4 Å². The lowest BCUT2D eigenvalue weighted by molar-refractivity contribution is -0.132. The first-order chi connectivity index (χ1) is 12.9. The van der Waals surface area contributed by atoms with Gasteiger partial charge in [-0.15, -0.1) is 0 Å². The zero-order valence-electron chi connectivity index (χ0n) is 15.1. The second-order valence-corrected chi connectivity index (χ2v) is 7.35. The molecule has 27 heavy (non-hydrogen) atoms. The van der Waals surface area contributed by atoms with Crippen LogP contribution in [-0.4, -0.2) is 53.6 Å². The smallest absolute Gasteiger partial charge is 0.289 e. The molecular weight excluding hydrogens is 412 g/mol. The fraction of sp³-hybridized carbons (Fsp3) is 0.350. The van der Waals surface area contributed by atoms with Crippen LogP contribution in [0.3, 0.4) is 0 Å². The number of nitrogens with zero attached hydrogens (tertiary/aromatic N) is 2. The average molecular weight is 433 g/mol. The maximum atomic E-state index is 12.4. The van der Waals surface area contributed by atoms with Crippen LogP contribution in [0.25, 0.3) is 0 Å². The summed E-state index contributed by atoms with van der Waals surface area (Å²) in [6.07, 6.45) is 0.382. The first-order valence-corrected chi connectivity index (χ1v) is 9.65. The Kier molecular flexibility index (Phi) is 6.11. The lowest BCUT2D eigenvalue weighted by atomic mass is 10.0. The summed E-state index contributed by atoms with van der Waals surface area (Å²) in [7, 11) is 0. The van der Waals surface area contributed by atoms with Crippen LogP contribution in [0.5, 0.6) is 0 Å². The van der Waals surface area contributed by atoms with Gasteiger partial charge in [-0.1, -0.05) is 29.8 Å². The number of ketones is 1. The molecule has 0 unspecified atom stereocenters. The van der Waals surface area contributed by atoms with Gasteiger partial charge in [-0.05, 0) is 35.0 Å². The van der Waals surface area contributed by atoms with Crippen molar-refractivity contribution < 1.29 is 18.8 Å². The first-order valence-electron chi connectivity index (χ1n) is 8.86. The van der Waals surface area contributed by atoms with Crippen molar-refractivity contribution in [1.29, 1.82) is 0 Å². The highest BCUT2D eigenvalue weighted by atomic mass is 79.9. The molecule has 1 aromatic carbocycles. The molecule has 0 N–H and O–H groups in total. The molecule has 142 valence electrons. The molecule has 0 aliphatic carbocycles. The van der Waals surface area contributed by atoms with Crippen molar-refractivity contribution in [3.05, 3.63) is 58.0 Å². The molecular formula is C20H21BrN2O4. The molecule has 2 heterocycles. The van der Waals surface area contributed by atoms with Crippen molar-refractivity contribution in [3.8, 4) is 0 Å². The minimum Gasteiger partial charge on any atom is -0.444 e. The molecule has 0 spiro atoms. The molecule has 0 radical (unpaired) electrons. The van der Waals surface area contributed by atoms with Crippen LogP contribution in [-0.2, 0) is 4.79 Å². The van der Waals surface area contributed by atoms with Crippen LogP contribution in [0.15, 0.2) is 45.5 Å². The van der Waals surface area contributed by atoms with Gasteiger partial charge in [0, 0.05) is 44.6 Å². The fourth-order valence-corrected chi connectivity index (χ4v) is 3.31. The van der Waals surface area contributed by atoms with E-state index < -0.39 is 0 Å². The lowest BCUT2D eigenvalue weighted by Crippen LogP contribution is -2.50. The van der Waals surface area contributed by atoms with Crippen molar-refractivity contribution >= 4 is 33.5 Å². The Morgan fingerprint density at radius 3 is 2.15 bits per heavy atom. The maximum absolute atomic E-state index is 12.4. The quantitative estimate of drug-likeness (QED) is 0.679. The summed E-state index contributed by atoms with van der Waals surface area (Å²) in [5.41, 5.74) is 1.73. The van der Waals surface area contributed by atoms with Gasteiger partial charge in [0.1, 0.15) is 0 Å². The Hall–Kier alpha value is -2.41. The van der Waals surface area contributed by atoms with Gasteiger partial charge < -0.3 is 14.2 Å². The van der Waals surface area contributed by atoms with Gasteiger partial charge in [-0.2, -0.15) is 0 Å². The Morgan fingerprint density at radius 2 is 1.56 bits per heavy atom. The third kappa shape index (κ3) is 4.86. The summed E-state index contributed by atoms with van der Waals surface area (Å²) in [6, 6.07) is 10.7. The average Bonchev–Trinajstić information content (AvgIpc) is 3.12. The van der Waals surface area contributed by atoms with Crippen LogP contribution in [0, 0.1) is 6.92 Å². The monoisotopic (exact) mass is 432 g/mol. The Morgan fingerprint density at radius 1 is 0.926 bits per heavy atom. The molecule has 1 aliphatic heterocycles. The summed E-state index contributed by atoms with van der Waals surface area (Å²) in [6.45, 7) is 3.80. The molecule has 2 amide bonds. The van der Waals surface area contributed by atoms with Gasteiger partial charge in [-0.3, -0.25) is 14.4 Å². The zero-order valence-corrected chi connectivity index (χ0v) is 16.7. The molecule has 7 heteroatoms. The number of rotatable bonds is 5. The molecule has 1 aliphatic rings. The van der Waals surface area contributed by atoms with Crippen molar-refractivity contribution in [2.75, 3.05) is 26.2 Å². The fourth-order valence-electron chi connectivity index (χ4n) is 3.01. The van der Waals surface area contributed by atoms with Crippen molar-refractivity contribution in [2.45, 2.75) is 19.8 Å². The molecule has 6 nitrogen and oxygen atoms in total. The van der Waals surface area contributed by atoms with E-state index in [1.807, 2.05) is 19.1 Å². The second kappa shape index (κ2) is 8.52. The third-order valence-corrected chi connectivity index (χ3v) is 5.07. The van der Waals surface area contributed by atoms with Crippen LogP contribution >= 0.6 is 15.9 Å². The summed E-state index contributed by atoms with van der Waals surface area (Å²) >= 11 is 3.18. The minimum absolute atomic E-state index is 0.0273. The van der Waals surface area contributed by atoms with E-state index in [-0.39, 0.29) is 36.2 Å². The van der Waals surface area contributed by atoms with Crippen LogP contribution < -0.4 is 0 Å². The predicted octanol–water partition coefficient (Wildman–Crippen LogP) is 3.30. The standard InChI is InChI=1S/C20H21BrN2O4/c1-14-2-4-15(5-3-14)16(24)6-9-19(25)22-10-12-23(13-11-22)20(26)17-7-8-18(21)27-17/h2-5,7-8H,6,9-13H2,1H3. The number of piperazine rings is 1. The van der Waals surface area contributed by atoms with Gasteiger partial charge in [-0.25, -0.2) is 0 Å². The highest BCUT2D eigenvalue weighted by Gasteiger charge is 2.26. The van der Waals surface area contributed by atoms with E-state index in [4.69, 9.17) is 4.42 Å². The predicted molar refractivity (Wildman–Crippen MR) is 104 cm³/mol. The number of benzene rings is 1. The van der Waals surface area contributed by atoms with E-state index in [1.165, 1.54) is 0 Å². The number of carbonyl (C=O) groups is 3. The second-order valence-electron chi connectivity index (χ2n) is 6.57. The van der Waals surface area contributed by atoms with E-state index in [1.54, 1.807) is 34.1 Å². The van der Waals surface area contributed by atoms with Gasteiger partial charge >= 0.3 is 0 Å². The number of furan rings is 1. The van der Waals surface area contributed by atoms with E-state index in [2.05, 4.69) is 15.9 Å². The van der Waals surface area contributed by atoms with Crippen molar-refractivity contribution in [2.24, 2.45) is 0 Å². The van der Waals surface area contributed by atoms with Gasteiger partial charge in [0.05, 0.1) is 0 Å². The Balaban J connectivity index is 1.46. The number of aryl methyl sites for hydroxylation is 1. The minimum atomic E-state index is -0.178. The molecule has 0 saturated carbocycles. The number of Topliss-reactive ketones (excluding diaryl/α,β-unsaturated/α-hetero) is 1. The summed E-state index contributed by atoms with van der Waals surface area (Å²) in [5, 5.41) is 0. The van der Waals surface area contributed by atoms with Gasteiger partial charge in [0.15, 0.2) is 16.2 Å². The lowest BCUT2D eigenvalue weighted by Gasteiger charge is -2.34. The van der Waals surface area contributed by atoms with Crippen LogP contribution in [0.4, 0.5) is 0 Å². The van der Waals surface area contributed by atoms with E-state index >= 15 is 0 Å². The molecule has 0 atom stereocenters. The zero-order chi connectivity index (χ0) is 19.4. The number of hydrogen-bond acceptors (Lipinski definition) is 4. The number of carbonyl (C=O) groups excluding carboxylic acids is 3. The summed E-state index contributed by atoms with van der Waals surface area (Å²) < 4.78 is 5.81.